The Balaban J connectivity index is 5.23. The van der Waals surface area contributed by atoms with E-state index >= 15 is 0 Å². The summed E-state index contributed by atoms with van der Waals surface area (Å²) in [5.74, 6) is 0.487. The fraction of sp³-hybridized carbons (Fsp3) is 0.500. The van der Waals surface area contributed by atoms with Gasteiger partial charge < -0.3 is 4.90 Å². The van der Waals surface area contributed by atoms with Crippen LogP contribution in [-0.2, 0) is 0 Å². The van der Waals surface area contributed by atoms with Crippen LogP contribution in [-0.4, -0.2) is 23.2 Å². The highest BCUT2D eigenvalue weighted by molar-refractivity contribution is 5.93. The number of hydrogen-bond donors (Lipinski definition) is 0. The van der Waals surface area contributed by atoms with Gasteiger partial charge in [-0.15, -0.1) is 0 Å². The molecule has 0 saturated carbocycles. The Bertz CT molecular complexity index is 614. The fourth-order valence-corrected chi connectivity index (χ4v) is 3.07. The van der Waals surface area contributed by atoms with Gasteiger partial charge in [0.15, 0.2) is 0 Å². The molecule has 0 aromatic carbocycles. The molecule has 0 heterocycles. The lowest BCUT2D eigenvalue weighted by atomic mass is 10.0. The van der Waals surface area contributed by atoms with Gasteiger partial charge in [-0.3, -0.25) is 4.99 Å². The van der Waals surface area contributed by atoms with E-state index in [1.165, 1.54) is 16.8 Å². The van der Waals surface area contributed by atoms with Crippen LogP contribution in [0.5, 0.6) is 0 Å². The molecule has 0 radical (unpaired) electrons. The minimum atomic E-state index is 0.430. The Labute approximate surface area is 174 Å². The Morgan fingerprint density at radius 2 is 1.86 bits per heavy atom. The average molecular weight is 383 g/mol. The van der Waals surface area contributed by atoms with Crippen molar-refractivity contribution in [1.29, 1.82) is 0 Å². The first-order valence-electron chi connectivity index (χ1n) is 10.6. The normalized spacial score (nSPS) is 14.5. The van der Waals surface area contributed by atoms with Crippen molar-refractivity contribution in [2.24, 2.45) is 10.9 Å². The second-order valence-corrected chi connectivity index (χ2v) is 7.57. The third-order valence-electron chi connectivity index (χ3n) is 4.79. The molecule has 0 aliphatic rings. The van der Waals surface area contributed by atoms with Crippen molar-refractivity contribution in [1.82, 2.24) is 4.90 Å². The van der Waals surface area contributed by atoms with Gasteiger partial charge in [0.05, 0.1) is 0 Å². The van der Waals surface area contributed by atoms with Gasteiger partial charge in [-0.25, -0.2) is 0 Å². The first-order valence-corrected chi connectivity index (χ1v) is 10.6. The topological polar surface area (TPSA) is 15.6 Å². The van der Waals surface area contributed by atoms with Gasteiger partial charge in [-0.05, 0) is 70.1 Å². The van der Waals surface area contributed by atoms with E-state index in [9.17, 15) is 0 Å². The molecule has 2 heteroatoms. The van der Waals surface area contributed by atoms with E-state index in [1.807, 2.05) is 13.0 Å². The molecular formula is C26H42N2. The molecule has 0 saturated heterocycles. The molecule has 0 rings (SSSR count). The summed E-state index contributed by atoms with van der Waals surface area (Å²) in [5, 5.41) is 0. The summed E-state index contributed by atoms with van der Waals surface area (Å²) in [6, 6.07) is 0.430. The lowest BCUT2D eigenvalue weighted by molar-refractivity contribution is 0.278. The van der Waals surface area contributed by atoms with Crippen molar-refractivity contribution in [3.05, 3.63) is 73.2 Å². The summed E-state index contributed by atoms with van der Waals surface area (Å²) < 4.78 is 0. The van der Waals surface area contributed by atoms with E-state index < -0.39 is 0 Å². The quantitative estimate of drug-likeness (QED) is 0.171. The molecule has 0 aliphatic carbocycles. The summed E-state index contributed by atoms with van der Waals surface area (Å²) in [6.45, 7) is 25.9. The maximum atomic E-state index is 4.25. The van der Waals surface area contributed by atoms with Crippen LogP contribution < -0.4 is 0 Å². The van der Waals surface area contributed by atoms with Crippen LogP contribution in [0.25, 0.3) is 0 Å². The lowest BCUT2D eigenvalue weighted by Gasteiger charge is -2.34. The van der Waals surface area contributed by atoms with Crippen molar-refractivity contribution in [2.75, 3.05) is 6.54 Å². The predicted molar refractivity (Wildman–Crippen MR) is 129 cm³/mol. The zero-order valence-corrected chi connectivity index (χ0v) is 19.2. The van der Waals surface area contributed by atoms with E-state index in [0.29, 0.717) is 12.0 Å². The number of hydrogen-bond acceptors (Lipinski definition) is 2. The molecular weight excluding hydrogens is 340 g/mol. The largest absolute Gasteiger partial charge is 0.365 e. The molecule has 0 aromatic heterocycles. The minimum Gasteiger partial charge on any atom is -0.365 e. The Morgan fingerprint density at radius 1 is 1.18 bits per heavy atom. The second-order valence-electron chi connectivity index (χ2n) is 7.57. The second kappa shape index (κ2) is 14.9. The van der Waals surface area contributed by atoms with Crippen LogP contribution >= 0.6 is 0 Å². The van der Waals surface area contributed by atoms with Gasteiger partial charge >= 0.3 is 0 Å². The van der Waals surface area contributed by atoms with E-state index in [0.717, 1.165) is 37.9 Å². The summed E-state index contributed by atoms with van der Waals surface area (Å²) in [4.78, 5) is 6.65. The third kappa shape index (κ3) is 10.3. The standard InChI is InChI=1S/C26H42N2/c1-10-22(7)25(11-2)20-28(26(12-3)19-21(5)6)24(9)18-16-14-15-17-23(8)27-13-4/h11-13,15,17,19,21,24H,3-4,7,10,14,16,18,20H2,1-2,5-6,8-9H3/b17-15-,25-11-,26-19+,27-23-. The Morgan fingerprint density at radius 3 is 2.36 bits per heavy atom. The molecule has 0 fully saturated rings. The van der Waals surface area contributed by atoms with Crippen LogP contribution in [0, 0.1) is 5.92 Å². The Hall–Kier alpha value is -2.09. The van der Waals surface area contributed by atoms with Crippen LogP contribution in [0.2, 0.25) is 0 Å². The maximum Gasteiger partial charge on any atom is 0.0431 e. The molecule has 0 spiro atoms. The monoisotopic (exact) mass is 382 g/mol. The highest BCUT2D eigenvalue weighted by Gasteiger charge is 2.17. The zero-order valence-electron chi connectivity index (χ0n) is 19.2. The fourth-order valence-electron chi connectivity index (χ4n) is 3.07. The Kier molecular flexibility index (Phi) is 13.8. The summed E-state index contributed by atoms with van der Waals surface area (Å²) in [5.41, 5.74) is 4.75. The summed E-state index contributed by atoms with van der Waals surface area (Å²) in [6.07, 6.45) is 16.7. The minimum absolute atomic E-state index is 0.430. The van der Waals surface area contributed by atoms with Crippen LogP contribution in [0.1, 0.15) is 67.2 Å². The molecule has 0 aromatic rings. The smallest absolute Gasteiger partial charge is 0.0431 e. The van der Waals surface area contributed by atoms with Gasteiger partial charge in [0.25, 0.3) is 0 Å². The molecule has 156 valence electrons. The van der Waals surface area contributed by atoms with Crippen LogP contribution in [0.3, 0.4) is 0 Å². The first kappa shape index (κ1) is 25.9. The molecule has 2 nitrogen and oxygen atoms in total. The number of unbranched alkanes of at least 4 members (excludes halogenated alkanes) is 1. The molecule has 0 amide bonds. The zero-order chi connectivity index (χ0) is 21.5. The van der Waals surface area contributed by atoms with Gasteiger partial charge in [0, 0.05) is 30.2 Å². The lowest BCUT2D eigenvalue weighted by Crippen LogP contribution is -2.34. The van der Waals surface area contributed by atoms with Gasteiger partial charge in [0.2, 0.25) is 0 Å². The molecule has 1 atom stereocenters. The number of nitrogens with zero attached hydrogens (tertiary/aromatic N) is 2. The summed E-state index contributed by atoms with van der Waals surface area (Å²) in [7, 11) is 0. The highest BCUT2D eigenvalue weighted by Crippen LogP contribution is 2.22. The molecule has 0 bridgehead atoms. The van der Waals surface area contributed by atoms with Crippen molar-refractivity contribution < 1.29 is 0 Å². The van der Waals surface area contributed by atoms with Crippen molar-refractivity contribution in [3.63, 3.8) is 0 Å². The average Bonchev–Trinajstić information content (AvgIpc) is 2.66. The summed E-state index contributed by atoms with van der Waals surface area (Å²) >= 11 is 0. The van der Waals surface area contributed by atoms with Gasteiger partial charge in [0.1, 0.15) is 0 Å². The first-order chi connectivity index (χ1) is 13.3. The van der Waals surface area contributed by atoms with Gasteiger partial charge in [-0.2, -0.15) is 0 Å². The van der Waals surface area contributed by atoms with Gasteiger partial charge in [-0.1, -0.05) is 64.3 Å². The number of aliphatic imine (C=N–C) groups is 1. The molecule has 1 unspecified atom stereocenters. The molecule has 0 N–H and O–H groups in total. The SMILES string of the molecule is C=C/N=C(C)\C=C/CCCC(C)N(C/C(=C/C)C(=C)CC)/C(C=C)=C/C(C)C. The molecule has 28 heavy (non-hydrogen) atoms. The number of allylic oxidation sites excluding steroid dienone is 5. The third-order valence-corrected chi connectivity index (χ3v) is 4.79. The van der Waals surface area contributed by atoms with E-state index in [4.69, 9.17) is 0 Å². The van der Waals surface area contributed by atoms with E-state index in [-0.39, 0.29) is 0 Å². The predicted octanol–water partition coefficient (Wildman–Crippen LogP) is 7.65. The maximum absolute atomic E-state index is 4.25. The van der Waals surface area contributed by atoms with E-state index in [1.54, 1.807) is 6.20 Å². The molecule has 0 aliphatic heterocycles. The number of rotatable bonds is 14. The highest BCUT2D eigenvalue weighted by atomic mass is 15.2. The van der Waals surface area contributed by atoms with Crippen molar-refractivity contribution in [2.45, 2.75) is 73.3 Å². The van der Waals surface area contributed by atoms with Crippen LogP contribution in [0.15, 0.2) is 78.2 Å². The van der Waals surface area contributed by atoms with Crippen LogP contribution in [0.4, 0.5) is 0 Å². The van der Waals surface area contributed by atoms with E-state index in [2.05, 4.69) is 88.6 Å². The van der Waals surface area contributed by atoms with Crippen molar-refractivity contribution >= 4 is 5.71 Å². The van der Waals surface area contributed by atoms with Crippen molar-refractivity contribution in [3.8, 4) is 0 Å².